The number of nitrogens with zero attached hydrogens (tertiary/aromatic N) is 4. The molecule has 7 nitrogen and oxygen atoms in total. The summed E-state index contributed by atoms with van der Waals surface area (Å²) in [5.74, 6) is 0.749. The molecule has 1 fully saturated rings. The van der Waals surface area contributed by atoms with Crippen LogP contribution >= 0.6 is 0 Å². The molecule has 1 N–H and O–H groups in total. The molecule has 0 aliphatic carbocycles. The minimum Gasteiger partial charge on any atom is -0.359 e. The smallest absolute Gasteiger partial charge is 0.225 e. The van der Waals surface area contributed by atoms with Gasteiger partial charge >= 0.3 is 0 Å². The quantitative estimate of drug-likeness (QED) is 0.811. The summed E-state index contributed by atoms with van der Waals surface area (Å²) in [6.45, 7) is 4.74. The van der Waals surface area contributed by atoms with E-state index in [4.69, 9.17) is 0 Å². The molecule has 21 heavy (non-hydrogen) atoms. The number of carbonyl (C=O) groups excluding carboxylic acids is 2. The fourth-order valence-corrected chi connectivity index (χ4v) is 2.63. The molecule has 1 atom stereocenters. The third-order valence-electron chi connectivity index (χ3n) is 3.95. The van der Waals surface area contributed by atoms with E-state index in [2.05, 4.69) is 15.2 Å². The molecule has 0 bridgehead atoms. The molecule has 116 valence electrons. The Morgan fingerprint density at radius 2 is 2.14 bits per heavy atom. The highest BCUT2D eigenvalue weighted by Crippen LogP contribution is 2.13. The molecule has 2 heterocycles. The van der Waals surface area contributed by atoms with Gasteiger partial charge in [0.05, 0.1) is 12.5 Å². The molecule has 1 aromatic rings. The number of imidazole rings is 1. The van der Waals surface area contributed by atoms with Crippen molar-refractivity contribution in [1.82, 2.24) is 24.7 Å². The van der Waals surface area contributed by atoms with Crippen LogP contribution in [-0.2, 0) is 23.2 Å². The maximum absolute atomic E-state index is 12.0. The Hall–Kier alpha value is -1.89. The minimum atomic E-state index is -0.207. The van der Waals surface area contributed by atoms with Gasteiger partial charge in [-0.15, -0.1) is 0 Å². The monoisotopic (exact) mass is 293 g/mol. The lowest BCUT2D eigenvalue weighted by molar-refractivity contribution is -0.130. The molecule has 1 aromatic heterocycles. The van der Waals surface area contributed by atoms with E-state index in [0.717, 1.165) is 12.4 Å². The Morgan fingerprint density at radius 1 is 1.38 bits per heavy atom. The Balaban J connectivity index is 2.10. The lowest BCUT2D eigenvalue weighted by Gasteiger charge is -2.22. The van der Waals surface area contributed by atoms with Crippen LogP contribution in [0.2, 0.25) is 0 Å². The van der Waals surface area contributed by atoms with E-state index in [1.807, 2.05) is 17.8 Å². The van der Waals surface area contributed by atoms with E-state index in [1.54, 1.807) is 25.1 Å². The predicted octanol–water partition coefficient (Wildman–Crippen LogP) is -0.554. The molecule has 0 aromatic carbocycles. The Labute approximate surface area is 124 Å². The standard InChI is InChI=1S/C14H23N5O2/c1-11(20)19-7-6-18(8-12(9-19)14(21)15-2)10-13-16-4-5-17(13)3/h4-5,12H,6-10H2,1-3H3,(H,15,21)/t12-/m1/s1. The normalized spacial score (nSPS) is 20.1. The second kappa shape index (κ2) is 6.71. The summed E-state index contributed by atoms with van der Waals surface area (Å²) in [6.07, 6.45) is 3.68. The van der Waals surface area contributed by atoms with Gasteiger partial charge in [-0.25, -0.2) is 4.98 Å². The van der Waals surface area contributed by atoms with Gasteiger partial charge < -0.3 is 14.8 Å². The molecular weight excluding hydrogens is 270 g/mol. The molecule has 0 saturated carbocycles. The second-order valence-corrected chi connectivity index (χ2v) is 5.47. The highest BCUT2D eigenvalue weighted by Gasteiger charge is 2.28. The number of rotatable bonds is 3. The number of hydrogen-bond acceptors (Lipinski definition) is 4. The van der Waals surface area contributed by atoms with Crippen molar-refractivity contribution in [2.45, 2.75) is 13.5 Å². The van der Waals surface area contributed by atoms with Gasteiger partial charge in [0.15, 0.2) is 0 Å². The zero-order chi connectivity index (χ0) is 15.4. The van der Waals surface area contributed by atoms with Crippen LogP contribution in [0.3, 0.4) is 0 Å². The molecule has 1 saturated heterocycles. The second-order valence-electron chi connectivity index (χ2n) is 5.47. The third-order valence-corrected chi connectivity index (χ3v) is 3.95. The van der Waals surface area contributed by atoms with Gasteiger partial charge in [-0.1, -0.05) is 0 Å². The number of aromatic nitrogens is 2. The maximum atomic E-state index is 12.0. The summed E-state index contributed by atoms with van der Waals surface area (Å²) in [6, 6.07) is 0. The Morgan fingerprint density at radius 3 is 2.71 bits per heavy atom. The van der Waals surface area contributed by atoms with Crippen molar-refractivity contribution >= 4 is 11.8 Å². The first kappa shape index (κ1) is 15.5. The van der Waals surface area contributed by atoms with Crippen molar-refractivity contribution in [2.24, 2.45) is 13.0 Å². The van der Waals surface area contributed by atoms with Crippen LogP contribution in [0, 0.1) is 5.92 Å². The van der Waals surface area contributed by atoms with Gasteiger partial charge in [0, 0.05) is 59.6 Å². The van der Waals surface area contributed by atoms with Gasteiger partial charge in [-0.2, -0.15) is 0 Å². The lowest BCUT2D eigenvalue weighted by atomic mass is 10.1. The van der Waals surface area contributed by atoms with Crippen molar-refractivity contribution in [3.05, 3.63) is 18.2 Å². The summed E-state index contributed by atoms with van der Waals surface area (Å²) in [4.78, 5) is 31.9. The largest absolute Gasteiger partial charge is 0.359 e. The van der Waals surface area contributed by atoms with Crippen molar-refractivity contribution in [3.8, 4) is 0 Å². The van der Waals surface area contributed by atoms with E-state index in [-0.39, 0.29) is 17.7 Å². The SMILES string of the molecule is CNC(=O)[C@@H]1CN(Cc2nccn2C)CCN(C(C)=O)C1. The van der Waals surface area contributed by atoms with E-state index < -0.39 is 0 Å². The third kappa shape index (κ3) is 3.81. The van der Waals surface area contributed by atoms with Gasteiger partial charge in [0.2, 0.25) is 11.8 Å². The molecule has 2 rings (SSSR count). The average Bonchev–Trinajstić information content (AvgIpc) is 2.74. The highest BCUT2D eigenvalue weighted by molar-refractivity contribution is 5.80. The van der Waals surface area contributed by atoms with E-state index in [0.29, 0.717) is 26.2 Å². The van der Waals surface area contributed by atoms with E-state index >= 15 is 0 Å². The molecule has 0 unspecified atom stereocenters. The number of nitrogens with one attached hydrogen (secondary N) is 1. The van der Waals surface area contributed by atoms with Crippen LogP contribution in [0.15, 0.2) is 12.4 Å². The van der Waals surface area contributed by atoms with Crippen LogP contribution in [0.5, 0.6) is 0 Å². The fourth-order valence-electron chi connectivity index (χ4n) is 2.63. The molecule has 1 aliphatic heterocycles. The van der Waals surface area contributed by atoms with Gasteiger partial charge in [-0.3, -0.25) is 14.5 Å². The molecule has 0 radical (unpaired) electrons. The summed E-state index contributed by atoms with van der Waals surface area (Å²) < 4.78 is 1.97. The van der Waals surface area contributed by atoms with Crippen molar-refractivity contribution in [2.75, 3.05) is 33.2 Å². The lowest BCUT2D eigenvalue weighted by Crippen LogP contribution is -2.41. The molecule has 2 amide bonds. The topological polar surface area (TPSA) is 70.5 Å². The van der Waals surface area contributed by atoms with Gasteiger partial charge in [0.25, 0.3) is 0 Å². The first-order valence-electron chi connectivity index (χ1n) is 7.17. The Bertz CT molecular complexity index is 513. The van der Waals surface area contributed by atoms with Crippen molar-refractivity contribution in [1.29, 1.82) is 0 Å². The van der Waals surface area contributed by atoms with Gasteiger partial charge in [-0.05, 0) is 0 Å². The van der Waals surface area contributed by atoms with Crippen LogP contribution in [0.4, 0.5) is 0 Å². The first-order chi connectivity index (χ1) is 10.0. The van der Waals surface area contributed by atoms with Gasteiger partial charge in [0.1, 0.15) is 5.82 Å². The Kier molecular flexibility index (Phi) is 4.95. The predicted molar refractivity (Wildman–Crippen MR) is 78.3 cm³/mol. The molecule has 0 spiro atoms. The highest BCUT2D eigenvalue weighted by atomic mass is 16.2. The van der Waals surface area contributed by atoms with Crippen LogP contribution in [0.25, 0.3) is 0 Å². The van der Waals surface area contributed by atoms with E-state index in [9.17, 15) is 9.59 Å². The molecular formula is C14H23N5O2. The number of hydrogen-bond donors (Lipinski definition) is 1. The van der Waals surface area contributed by atoms with Crippen LogP contribution < -0.4 is 5.32 Å². The summed E-state index contributed by atoms with van der Waals surface area (Å²) in [5.41, 5.74) is 0. The van der Waals surface area contributed by atoms with Crippen molar-refractivity contribution < 1.29 is 9.59 Å². The molecule has 7 heteroatoms. The van der Waals surface area contributed by atoms with Crippen LogP contribution in [-0.4, -0.2) is 64.4 Å². The summed E-state index contributed by atoms with van der Waals surface area (Å²) in [7, 11) is 3.59. The first-order valence-corrected chi connectivity index (χ1v) is 7.17. The number of amides is 2. The number of carbonyl (C=O) groups is 2. The summed E-state index contributed by atoms with van der Waals surface area (Å²) in [5, 5.41) is 2.69. The fraction of sp³-hybridized carbons (Fsp3) is 0.643. The number of aryl methyl sites for hydroxylation is 1. The summed E-state index contributed by atoms with van der Waals surface area (Å²) >= 11 is 0. The van der Waals surface area contributed by atoms with E-state index in [1.165, 1.54) is 0 Å². The van der Waals surface area contributed by atoms with Crippen LogP contribution in [0.1, 0.15) is 12.7 Å². The maximum Gasteiger partial charge on any atom is 0.225 e. The molecule has 1 aliphatic rings. The zero-order valence-electron chi connectivity index (χ0n) is 12.9. The zero-order valence-corrected chi connectivity index (χ0v) is 12.9. The minimum absolute atomic E-state index is 0.0164. The van der Waals surface area contributed by atoms with Crippen molar-refractivity contribution in [3.63, 3.8) is 0 Å². The average molecular weight is 293 g/mol.